The lowest BCUT2D eigenvalue weighted by molar-refractivity contribution is 0.0696. The summed E-state index contributed by atoms with van der Waals surface area (Å²) >= 11 is 0. The maximum absolute atomic E-state index is 10.8. The Labute approximate surface area is 81.6 Å². The third kappa shape index (κ3) is 1.58. The number of nitriles is 1. The van der Waals surface area contributed by atoms with Gasteiger partial charge in [-0.25, -0.2) is 4.79 Å². The van der Waals surface area contributed by atoms with Crippen LogP contribution in [0.25, 0.3) is 0 Å². The molecule has 14 heavy (non-hydrogen) atoms. The summed E-state index contributed by atoms with van der Waals surface area (Å²) < 4.78 is 0. The maximum atomic E-state index is 10.8. The van der Waals surface area contributed by atoms with E-state index in [0.29, 0.717) is 12.1 Å². The Morgan fingerprint density at radius 2 is 2.29 bits per heavy atom. The fourth-order valence-corrected chi connectivity index (χ4v) is 1.30. The molecule has 0 saturated heterocycles. The van der Waals surface area contributed by atoms with Crippen LogP contribution in [0.3, 0.4) is 0 Å². The quantitative estimate of drug-likeness (QED) is 0.728. The van der Waals surface area contributed by atoms with Gasteiger partial charge in [-0.1, -0.05) is 6.07 Å². The highest BCUT2D eigenvalue weighted by atomic mass is 16.4. The zero-order valence-electron chi connectivity index (χ0n) is 7.74. The van der Waals surface area contributed by atoms with Gasteiger partial charge in [0.1, 0.15) is 6.07 Å². The normalized spacial score (nSPS) is 9.50. The highest BCUT2D eigenvalue weighted by Crippen LogP contribution is 2.17. The molecule has 4 heteroatoms. The van der Waals surface area contributed by atoms with Crippen molar-refractivity contribution in [3.8, 4) is 6.07 Å². The summed E-state index contributed by atoms with van der Waals surface area (Å²) in [5.41, 5.74) is 7.11. The molecule has 1 aromatic rings. The predicted octanol–water partition coefficient (Wildman–Crippen LogP) is 1.02. The number of aromatic carboxylic acids is 1. The lowest BCUT2D eigenvalue weighted by Crippen LogP contribution is -2.06. The van der Waals surface area contributed by atoms with Crippen LogP contribution in [0.15, 0.2) is 12.1 Å². The highest BCUT2D eigenvalue weighted by Gasteiger charge is 2.13. The molecular weight excluding hydrogens is 180 g/mol. The predicted molar refractivity (Wildman–Crippen MR) is 50.7 cm³/mol. The smallest absolute Gasteiger partial charge is 0.337 e. The van der Waals surface area contributed by atoms with E-state index in [1.54, 1.807) is 13.0 Å². The molecule has 0 amide bonds. The van der Waals surface area contributed by atoms with E-state index in [2.05, 4.69) is 0 Å². The lowest BCUT2D eigenvalue weighted by Gasteiger charge is -2.06. The van der Waals surface area contributed by atoms with E-state index in [-0.39, 0.29) is 11.1 Å². The van der Waals surface area contributed by atoms with E-state index in [1.807, 2.05) is 6.07 Å². The molecule has 0 aliphatic carbocycles. The number of carbonyl (C=O) groups is 1. The Kier molecular flexibility index (Phi) is 2.85. The molecule has 0 heterocycles. The minimum atomic E-state index is -1.09. The van der Waals surface area contributed by atoms with Crippen molar-refractivity contribution < 1.29 is 9.90 Å². The molecule has 0 aromatic heterocycles. The third-order valence-corrected chi connectivity index (χ3v) is 2.14. The van der Waals surface area contributed by atoms with Crippen LogP contribution in [0.4, 0.5) is 0 Å². The van der Waals surface area contributed by atoms with Crippen molar-refractivity contribution in [2.24, 2.45) is 5.73 Å². The van der Waals surface area contributed by atoms with Gasteiger partial charge in [-0.2, -0.15) is 5.26 Å². The molecule has 0 aliphatic heterocycles. The van der Waals surface area contributed by atoms with E-state index >= 15 is 0 Å². The van der Waals surface area contributed by atoms with Crippen LogP contribution >= 0.6 is 0 Å². The van der Waals surface area contributed by atoms with Crippen LogP contribution in [0.1, 0.15) is 27.0 Å². The van der Waals surface area contributed by atoms with E-state index in [1.165, 1.54) is 6.07 Å². The topological polar surface area (TPSA) is 87.1 Å². The van der Waals surface area contributed by atoms with Crippen molar-refractivity contribution in [2.75, 3.05) is 0 Å². The molecule has 0 bridgehead atoms. The first-order valence-corrected chi connectivity index (χ1v) is 4.07. The third-order valence-electron chi connectivity index (χ3n) is 2.14. The summed E-state index contributed by atoms with van der Waals surface area (Å²) in [6.45, 7) is 2.01. The van der Waals surface area contributed by atoms with Gasteiger partial charge >= 0.3 is 5.97 Å². The molecule has 0 saturated carbocycles. The summed E-state index contributed by atoms with van der Waals surface area (Å²) in [6, 6.07) is 4.93. The Morgan fingerprint density at radius 3 is 2.71 bits per heavy atom. The Hall–Kier alpha value is -1.86. The molecule has 3 N–H and O–H groups in total. The van der Waals surface area contributed by atoms with Crippen LogP contribution in [0.5, 0.6) is 0 Å². The SMILES string of the molecule is Cc1c(CN)ccc(C(=O)O)c1C#N. The molecule has 0 atom stereocenters. The number of benzene rings is 1. The number of hydrogen-bond acceptors (Lipinski definition) is 3. The summed E-state index contributed by atoms with van der Waals surface area (Å²) in [5.74, 6) is -1.09. The Balaban J connectivity index is 3.45. The van der Waals surface area contributed by atoms with Crippen molar-refractivity contribution in [2.45, 2.75) is 13.5 Å². The van der Waals surface area contributed by atoms with Crippen molar-refractivity contribution in [3.05, 3.63) is 34.4 Å². The molecule has 0 aliphatic rings. The van der Waals surface area contributed by atoms with Gasteiger partial charge in [0, 0.05) is 6.54 Å². The summed E-state index contributed by atoms with van der Waals surface area (Å²) in [6.07, 6.45) is 0. The second kappa shape index (κ2) is 3.90. The van der Waals surface area contributed by atoms with Gasteiger partial charge in [0.25, 0.3) is 0 Å². The van der Waals surface area contributed by atoms with Crippen molar-refractivity contribution >= 4 is 5.97 Å². The van der Waals surface area contributed by atoms with E-state index in [4.69, 9.17) is 16.1 Å². The van der Waals surface area contributed by atoms with E-state index in [9.17, 15) is 4.79 Å². The van der Waals surface area contributed by atoms with Gasteiger partial charge < -0.3 is 10.8 Å². The number of rotatable bonds is 2. The van der Waals surface area contributed by atoms with Gasteiger partial charge in [0.2, 0.25) is 0 Å². The Bertz CT molecular complexity index is 419. The molecule has 1 aromatic carbocycles. The van der Waals surface area contributed by atoms with Crippen LogP contribution in [-0.2, 0) is 6.54 Å². The van der Waals surface area contributed by atoms with E-state index < -0.39 is 5.97 Å². The maximum Gasteiger partial charge on any atom is 0.337 e. The number of carboxylic acids is 1. The average molecular weight is 190 g/mol. The van der Waals surface area contributed by atoms with E-state index in [0.717, 1.165) is 5.56 Å². The molecule has 4 nitrogen and oxygen atoms in total. The molecular formula is C10H10N2O2. The number of nitrogens with zero attached hydrogens (tertiary/aromatic N) is 1. The molecule has 72 valence electrons. The first-order valence-electron chi connectivity index (χ1n) is 4.07. The zero-order valence-corrected chi connectivity index (χ0v) is 7.74. The largest absolute Gasteiger partial charge is 0.478 e. The molecule has 1 rings (SSSR count). The van der Waals surface area contributed by atoms with Gasteiger partial charge in [0.15, 0.2) is 0 Å². The lowest BCUT2D eigenvalue weighted by atomic mass is 9.98. The molecule has 0 fully saturated rings. The van der Waals surface area contributed by atoms with Gasteiger partial charge in [-0.15, -0.1) is 0 Å². The second-order valence-corrected chi connectivity index (χ2v) is 2.89. The summed E-state index contributed by atoms with van der Waals surface area (Å²) in [7, 11) is 0. The van der Waals surface area contributed by atoms with Gasteiger partial charge in [-0.05, 0) is 24.1 Å². The van der Waals surface area contributed by atoms with Crippen molar-refractivity contribution in [3.63, 3.8) is 0 Å². The van der Waals surface area contributed by atoms with Crippen LogP contribution in [0.2, 0.25) is 0 Å². The standard InChI is InChI=1S/C10H10N2O2/c1-6-7(4-11)2-3-8(10(13)14)9(6)5-12/h2-3H,4,11H2,1H3,(H,13,14). The monoisotopic (exact) mass is 190 g/mol. The van der Waals surface area contributed by atoms with Crippen molar-refractivity contribution in [1.82, 2.24) is 0 Å². The van der Waals surface area contributed by atoms with Crippen molar-refractivity contribution in [1.29, 1.82) is 5.26 Å². The van der Waals surface area contributed by atoms with Crippen LogP contribution in [-0.4, -0.2) is 11.1 Å². The molecule has 0 radical (unpaired) electrons. The molecule has 0 spiro atoms. The van der Waals surface area contributed by atoms with Gasteiger partial charge in [-0.3, -0.25) is 0 Å². The van der Waals surface area contributed by atoms with Crippen LogP contribution < -0.4 is 5.73 Å². The zero-order chi connectivity index (χ0) is 10.7. The minimum Gasteiger partial charge on any atom is -0.478 e. The average Bonchev–Trinajstić information content (AvgIpc) is 2.17. The Morgan fingerprint density at radius 1 is 1.64 bits per heavy atom. The van der Waals surface area contributed by atoms with Crippen LogP contribution in [0, 0.1) is 18.3 Å². The van der Waals surface area contributed by atoms with Gasteiger partial charge in [0.05, 0.1) is 11.1 Å². The fourth-order valence-electron chi connectivity index (χ4n) is 1.30. The number of nitrogens with two attached hydrogens (primary N) is 1. The minimum absolute atomic E-state index is 0.0298. The summed E-state index contributed by atoms with van der Waals surface area (Å²) in [4.78, 5) is 10.8. The second-order valence-electron chi connectivity index (χ2n) is 2.89. The molecule has 0 unspecified atom stereocenters. The number of hydrogen-bond donors (Lipinski definition) is 2. The fraction of sp³-hybridized carbons (Fsp3) is 0.200. The first kappa shape index (κ1) is 10.2. The first-order chi connectivity index (χ1) is 6.61. The summed E-state index contributed by atoms with van der Waals surface area (Å²) in [5, 5.41) is 17.6. The number of carboxylic acid groups (broad SMARTS) is 1. The highest BCUT2D eigenvalue weighted by molar-refractivity contribution is 5.91.